The van der Waals surface area contributed by atoms with Gasteiger partial charge in [-0.2, -0.15) is 0 Å². The van der Waals surface area contributed by atoms with Crippen molar-refractivity contribution in [3.8, 4) is 11.3 Å². The van der Waals surface area contributed by atoms with Crippen molar-refractivity contribution < 1.29 is 4.79 Å². The summed E-state index contributed by atoms with van der Waals surface area (Å²) in [6.07, 6.45) is 6.44. The molecule has 7 heteroatoms. The average Bonchev–Trinajstić information content (AvgIpc) is 2.84. The van der Waals surface area contributed by atoms with Gasteiger partial charge in [-0.15, -0.1) is 0 Å². The highest BCUT2D eigenvalue weighted by atomic mass is 16.2. The van der Waals surface area contributed by atoms with Crippen molar-refractivity contribution in [2.75, 3.05) is 18.9 Å². The fraction of sp³-hybridized carbons (Fsp3) is 0.192. The molecule has 33 heavy (non-hydrogen) atoms. The molecule has 0 aliphatic heterocycles. The Labute approximate surface area is 193 Å². The summed E-state index contributed by atoms with van der Waals surface area (Å²) in [5.74, 6) is 0.433. The Bertz CT molecular complexity index is 1260. The van der Waals surface area contributed by atoms with Gasteiger partial charge in [0.05, 0.1) is 11.9 Å². The normalized spacial score (nSPS) is 11.1. The van der Waals surface area contributed by atoms with Crippen molar-refractivity contribution in [3.63, 3.8) is 0 Å². The molecule has 4 aromatic rings. The van der Waals surface area contributed by atoms with Gasteiger partial charge < -0.3 is 5.32 Å². The van der Waals surface area contributed by atoms with E-state index in [1.165, 1.54) is 5.56 Å². The van der Waals surface area contributed by atoms with Gasteiger partial charge in [0.1, 0.15) is 11.3 Å². The van der Waals surface area contributed by atoms with Gasteiger partial charge in [0.25, 0.3) is 0 Å². The standard InChI is InChI=1S/C26H26N6O/c1-27-17-20-11-7-12-21(16-20)23-18-29-22-13-14-24(31-25(22)30-23)32-26(33)28-15-6-5-10-19-8-3-2-4-9-19/h2-4,7-9,11-14,16-18H,5-6,10,15H2,1H3,(H2,28,30,31,32,33)/b27-17+. The fourth-order valence-electron chi connectivity index (χ4n) is 3.50. The summed E-state index contributed by atoms with van der Waals surface area (Å²) >= 11 is 0. The van der Waals surface area contributed by atoms with Gasteiger partial charge in [-0.3, -0.25) is 15.3 Å². The number of carbonyl (C=O) groups is 1. The number of aromatic nitrogens is 3. The van der Waals surface area contributed by atoms with E-state index in [1.54, 1.807) is 31.6 Å². The van der Waals surface area contributed by atoms with Gasteiger partial charge in [-0.05, 0) is 48.6 Å². The molecule has 0 atom stereocenters. The molecule has 0 fully saturated rings. The minimum absolute atomic E-state index is 0.280. The molecule has 2 heterocycles. The number of nitrogens with zero attached hydrogens (tertiary/aromatic N) is 4. The Hall–Kier alpha value is -4.13. The van der Waals surface area contributed by atoms with E-state index in [4.69, 9.17) is 0 Å². The van der Waals surface area contributed by atoms with Crippen LogP contribution in [0.4, 0.5) is 10.6 Å². The van der Waals surface area contributed by atoms with E-state index in [2.05, 4.69) is 42.7 Å². The van der Waals surface area contributed by atoms with E-state index in [-0.39, 0.29) is 6.03 Å². The quantitative estimate of drug-likeness (QED) is 0.303. The Balaban J connectivity index is 1.35. The Morgan fingerprint density at radius 3 is 2.73 bits per heavy atom. The summed E-state index contributed by atoms with van der Waals surface area (Å²) in [5, 5.41) is 5.66. The number of rotatable bonds is 8. The maximum absolute atomic E-state index is 12.3. The van der Waals surface area contributed by atoms with Gasteiger partial charge in [0.15, 0.2) is 5.65 Å². The number of fused-ring (bicyclic) bond motifs is 1. The molecule has 2 aromatic heterocycles. The van der Waals surface area contributed by atoms with E-state index < -0.39 is 0 Å². The average molecular weight is 439 g/mol. The first kappa shape index (κ1) is 22.1. The molecule has 0 unspecified atom stereocenters. The number of unbranched alkanes of at least 4 members (excludes halogenated alkanes) is 1. The van der Waals surface area contributed by atoms with Crippen LogP contribution in [-0.4, -0.2) is 40.8 Å². The van der Waals surface area contributed by atoms with Crippen molar-refractivity contribution in [3.05, 3.63) is 84.1 Å². The van der Waals surface area contributed by atoms with E-state index >= 15 is 0 Å². The monoisotopic (exact) mass is 438 g/mol. The maximum Gasteiger partial charge on any atom is 0.320 e. The summed E-state index contributed by atoms with van der Waals surface area (Å²) < 4.78 is 0. The van der Waals surface area contributed by atoms with E-state index in [0.29, 0.717) is 29.2 Å². The number of aryl methyl sites for hydroxylation is 1. The molecule has 7 nitrogen and oxygen atoms in total. The van der Waals surface area contributed by atoms with Gasteiger partial charge >= 0.3 is 6.03 Å². The second kappa shape index (κ2) is 10.9. The van der Waals surface area contributed by atoms with Crippen LogP contribution >= 0.6 is 0 Å². The molecule has 0 spiro atoms. The number of benzene rings is 2. The molecule has 2 N–H and O–H groups in total. The molecule has 0 aliphatic rings. The Kier molecular flexibility index (Phi) is 7.33. The molecular weight excluding hydrogens is 412 g/mol. The van der Waals surface area contributed by atoms with Crippen LogP contribution < -0.4 is 10.6 Å². The first-order valence-corrected chi connectivity index (χ1v) is 11.0. The number of amides is 2. The molecule has 2 aromatic carbocycles. The topological polar surface area (TPSA) is 92.2 Å². The smallest absolute Gasteiger partial charge is 0.320 e. The zero-order valence-corrected chi connectivity index (χ0v) is 18.5. The lowest BCUT2D eigenvalue weighted by atomic mass is 10.1. The molecule has 0 saturated heterocycles. The first-order valence-electron chi connectivity index (χ1n) is 11.0. The molecule has 0 radical (unpaired) electrons. The van der Waals surface area contributed by atoms with Crippen LogP contribution in [-0.2, 0) is 6.42 Å². The van der Waals surface area contributed by atoms with Crippen LogP contribution in [0.2, 0.25) is 0 Å². The predicted octanol–water partition coefficient (Wildman–Crippen LogP) is 4.88. The third-order valence-corrected chi connectivity index (χ3v) is 5.13. The van der Waals surface area contributed by atoms with Crippen molar-refractivity contribution >= 4 is 29.2 Å². The number of pyridine rings is 1. The second-order valence-electron chi connectivity index (χ2n) is 7.63. The number of hydrogen-bond acceptors (Lipinski definition) is 5. The van der Waals surface area contributed by atoms with E-state index in [0.717, 1.165) is 30.4 Å². The van der Waals surface area contributed by atoms with E-state index in [1.807, 2.05) is 42.5 Å². The Morgan fingerprint density at radius 1 is 1.00 bits per heavy atom. The minimum atomic E-state index is -0.280. The predicted molar refractivity (Wildman–Crippen MR) is 133 cm³/mol. The third-order valence-electron chi connectivity index (χ3n) is 5.13. The Morgan fingerprint density at radius 2 is 1.88 bits per heavy atom. The van der Waals surface area contributed by atoms with Crippen LogP contribution in [0.1, 0.15) is 24.0 Å². The van der Waals surface area contributed by atoms with Crippen LogP contribution in [0.5, 0.6) is 0 Å². The summed E-state index contributed by atoms with van der Waals surface area (Å²) in [5.41, 5.74) is 5.07. The molecule has 2 amide bonds. The number of hydrogen-bond donors (Lipinski definition) is 2. The molecular formula is C26H26N6O. The molecule has 0 aliphatic carbocycles. The second-order valence-corrected chi connectivity index (χ2v) is 7.63. The summed E-state index contributed by atoms with van der Waals surface area (Å²) in [4.78, 5) is 29.9. The molecule has 0 bridgehead atoms. The SMILES string of the molecule is C/N=C/c1cccc(-c2cnc3ccc(NC(=O)NCCCCc4ccccc4)nc3n2)c1. The number of nitrogens with one attached hydrogen (secondary N) is 2. The van der Waals surface area contributed by atoms with E-state index in [9.17, 15) is 4.79 Å². The highest BCUT2D eigenvalue weighted by Gasteiger charge is 2.08. The van der Waals surface area contributed by atoms with Crippen molar-refractivity contribution in [2.45, 2.75) is 19.3 Å². The van der Waals surface area contributed by atoms with Crippen LogP contribution in [0, 0.1) is 0 Å². The largest absolute Gasteiger partial charge is 0.338 e. The third kappa shape index (κ3) is 6.20. The van der Waals surface area contributed by atoms with Crippen LogP contribution in [0.3, 0.4) is 0 Å². The molecule has 0 saturated carbocycles. The number of anilines is 1. The maximum atomic E-state index is 12.3. The lowest BCUT2D eigenvalue weighted by Gasteiger charge is -2.08. The zero-order valence-electron chi connectivity index (χ0n) is 18.5. The summed E-state index contributed by atoms with van der Waals surface area (Å²) in [6, 6.07) is 21.5. The van der Waals surface area contributed by atoms with Crippen LogP contribution in [0.15, 0.2) is 77.9 Å². The lowest BCUT2D eigenvalue weighted by molar-refractivity contribution is 0.252. The highest BCUT2D eigenvalue weighted by Crippen LogP contribution is 2.20. The summed E-state index contributed by atoms with van der Waals surface area (Å²) in [6.45, 7) is 0.605. The van der Waals surface area contributed by atoms with Gasteiger partial charge in [-0.1, -0.05) is 48.5 Å². The van der Waals surface area contributed by atoms with Gasteiger partial charge in [-0.25, -0.2) is 14.8 Å². The summed E-state index contributed by atoms with van der Waals surface area (Å²) in [7, 11) is 1.74. The fourth-order valence-corrected chi connectivity index (χ4v) is 3.50. The molecule has 4 rings (SSSR count). The first-order chi connectivity index (χ1) is 16.2. The van der Waals surface area contributed by atoms with Gasteiger partial charge in [0, 0.05) is 25.4 Å². The van der Waals surface area contributed by atoms with Crippen molar-refractivity contribution in [2.24, 2.45) is 4.99 Å². The number of urea groups is 1. The lowest BCUT2D eigenvalue weighted by Crippen LogP contribution is -2.29. The van der Waals surface area contributed by atoms with Crippen molar-refractivity contribution in [1.82, 2.24) is 20.3 Å². The minimum Gasteiger partial charge on any atom is -0.338 e. The van der Waals surface area contributed by atoms with Gasteiger partial charge in [0.2, 0.25) is 0 Å². The highest BCUT2D eigenvalue weighted by molar-refractivity contribution is 5.89. The van der Waals surface area contributed by atoms with Crippen molar-refractivity contribution in [1.29, 1.82) is 0 Å². The van der Waals surface area contributed by atoms with Crippen LogP contribution in [0.25, 0.3) is 22.4 Å². The number of aliphatic imine (C=N–C) groups is 1. The zero-order chi connectivity index (χ0) is 22.9. The molecule has 166 valence electrons. The number of carbonyl (C=O) groups excluding carboxylic acids is 1.